The number of benzene rings is 6. The number of non-ortho nitro benzene ring substituents is 1. The summed E-state index contributed by atoms with van der Waals surface area (Å²) in [4.78, 5) is 75.7. The quantitative estimate of drug-likeness (QED) is 0.0379. The van der Waals surface area contributed by atoms with Gasteiger partial charge in [-0.3, -0.25) is 29.4 Å². The molecule has 0 radical (unpaired) electrons. The van der Waals surface area contributed by atoms with Crippen LogP contribution in [0.3, 0.4) is 0 Å². The number of rotatable bonds is 13. The van der Waals surface area contributed by atoms with Gasteiger partial charge in [-0.05, 0) is 82.9 Å². The zero-order valence-electron chi connectivity index (χ0n) is 37.8. The molecular formula is C55H46N4O11. The molecule has 2 N–H and O–H groups in total. The van der Waals surface area contributed by atoms with Crippen LogP contribution in [0.15, 0.2) is 164 Å². The number of fused-ring (bicyclic) bond motifs is 3. The molecule has 352 valence electrons. The van der Waals surface area contributed by atoms with Crippen LogP contribution in [0.4, 0.5) is 16.2 Å². The van der Waals surface area contributed by atoms with Crippen LogP contribution >= 0.6 is 0 Å². The largest absolute Gasteiger partial charge is 0.497 e. The molecule has 15 heteroatoms. The number of anilines is 1. The number of methoxy groups -OCH3 is 1. The van der Waals surface area contributed by atoms with E-state index in [1.165, 1.54) is 30.3 Å². The van der Waals surface area contributed by atoms with Crippen LogP contribution in [-0.4, -0.2) is 71.7 Å². The summed E-state index contributed by atoms with van der Waals surface area (Å²) >= 11 is 0. The minimum absolute atomic E-state index is 0.0434. The lowest BCUT2D eigenvalue weighted by Gasteiger charge is -2.46. The van der Waals surface area contributed by atoms with Crippen molar-refractivity contribution in [1.29, 1.82) is 0 Å². The van der Waals surface area contributed by atoms with Crippen molar-refractivity contribution in [3.63, 3.8) is 0 Å². The number of cyclic esters (lactones) is 1. The molecule has 1 spiro atoms. The molecule has 3 heterocycles. The minimum Gasteiger partial charge on any atom is -0.497 e. The fourth-order valence-electron chi connectivity index (χ4n) is 9.95. The maximum Gasteiger partial charge on any atom is 0.421 e. The number of aliphatic hydroxyl groups is 1. The molecule has 0 bridgehead atoms. The second-order valence-corrected chi connectivity index (χ2v) is 16.7. The fourth-order valence-corrected chi connectivity index (χ4v) is 9.95. The van der Waals surface area contributed by atoms with E-state index in [0.717, 1.165) is 4.90 Å². The van der Waals surface area contributed by atoms with Crippen molar-refractivity contribution in [2.24, 2.45) is 5.92 Å². The van der Waals surface area contributed by atoms with Crippen LogP contribution in [0.1, 0.15) is 57.1 Å². The molecule has 3 aliphatic rings. The van der Waals surface area contributed by atoms with Gasteiger partial charge in [0.1, 0.15) is 42.3 Å². The van der Waals surface area contributed by atoms with Gasteiger partial charge in [-0.1, -0.05) is 96.8 Å². The number of ether oxygens (including phenoxy) is 4. The third-order valence-corrected chi connectivity index (χ3v) is 12.9. The number of nitrogens with one attached hydrogen (secondary N) is 1. The summed E-state index contributed by atoms with van der Waals surface area (Å²) in [6.07, 6.45) is -0.613. The second kappa shape index (κ2) is 19.9. The zero-order valence-corrected chi connectivity index (χ0v) is 37.8. The Morgan fingerprint density at radius 1 is 0.857 bits per heavy atom. The number of carbonyl (C=O) groups is 4. The third kappa shape index (κ3) is 8.40. The van der Waals surface area contributed by atoms with Gasteiger partial charge in [0.15, 0.2) is 0 Å². The summed E-state index contributed by atoms with van der Waals surface area (Å²) in [7, 11) is 1.56. The van der Waals surface area contributed by atoms with E-state index >= 15 is 14.4 Å². The minimum atomic E-state index is -2.16. The van der Waals surface area contributed by atoms with E-state index in [2.05, 4.69) is 23.7 Å². The van der Waals surface area contributed by atoms with Crippen LogP contribution in [0.2, 0.25) is 0 Å². The van der Waals surface area contributed by atoms with Crippen molar-refractivity contribution in [2.75, 3.05) is 31.8 Å². The summed E-state index contributed by atoms with van der Waals surface area (Å²) in [6.45, 7) is 2.89. The van der Waals surface area contributed by atoms with Gasteiger partial charge in [-0.15, -0.1) is 6.58 Å². The van der Waals surface area contributed by atoms with Gasteiger partial charge in [0, 0.05) is 35.4 Å². The summed E-state index contributed by atoms with van der Waals surface area (Å²) < 4.78 is 24.0. The molecule has 0 aliphatic carbocycles. The molecule has 70 heavy (non-hydrogen) atoms. The Balaban J connectivity index is 1.32. The lowest BCUT2D eigenvalue weighted by atomic mass is 9.65. The number of carbonyl (C=O) groups excluding carboxylic acids is 4. The number of esters is 1. The van der Waals surface area contributed by atoms with Gasteiger partial charge in [-0.25, -0.2) is 9.69 Å². The van der Waals surface area contributed by atoms with Gasteiger partial charge >= 0.3 is 12.1 Å². The average Bonchev–Trinajstić information content (AvgIpc) is 3.85. The van der Waals surface area contributed by atoms with Crippen molar-refractivity contribution in [3.05, 3.63) is 213 Å². The van der Waals surface area contributed by atoms with E-state index in [9.17, 15) is 20.0 Å². The first-order valence-electron chi connectivity index (χ1n) is 22.4. The summed E-state index contributed by atoms with van der Waals surface area (Å²) in [6, 6.07) is 39.2. The number of morpholine rings is 1. The Labute approximate surface area is 403 Å². The van der Waals surface area contributed by atoms with Crippen LogP contribution in [-0.2, 0) is 35.9 Å². The molecule has 6 aromatic rings. The van der Waals surface area contributed by atoms with Gasteiger partial charge in [0.2, 0.25) is 11.8 Å². The van der Waals surface area contributed by atoms with Crippen LogP contribution < -0.4 is 19.7 Å². The number of imide groups is 1. The number of aliphatic hydroxyl groups excluding tert-OH is 1. The number of hydrogen-bond acceptors (Lipinski definition) is 12. The van der Waals surface area contributed by atoms with Gasteiger partial charge in [0.25, 0.3) is 5.69 Å². The molecule has 0 saturated carbocycles. The number of amides is 3. The Morgan fingerprint density at radius 3 is 2.19 bits per heavy atom. The summed E-state index contributed by atoms with van der Waals surface area (Å²) in [5, 5.41) is 24.4. The van der Waals surface area contributed by atoms with Gasteiger partial charge in [0.05, 0.1) is 42.3 Å². The number of para-hydroxylation sites is 1. The van der Waals surface area contributed by atoms with Crippen LogP contribution in [0.25, 0.3) is 0 Å². The normalized spacial score (nSPS) is 21.1. The molecule has 0 unspecified atom stereocenters. The summed E-state index contributed by atoms with van der Waals surface area (Å²) in [5.74, 6) is 3.26. The van der Waals surface area contributed by atoms with Gasteiger partial charge in [-0.2, -0.15) is 0 Å². The maximum absolute atomic E-state index is 16.5. The Bertz CT molecular complexity index is 3030. The molecular weight excluding hydrogens is 893 g/mol. The molecule has 3 aliphatic heterocycles. The highest BCUT2D eigenvalue weighted by Crippen LogP contribution is 2.66. The maximum atomic E-state index is 16.5. The molecule has 15 nitrogen and oxygen atoms in total. The Hall–Kier alpha value is -8.58. The Morgan fingerprint density at radius 2 is 1.51 bits per heavy atom. The predicted octanol–water partition coefficient (Wildman–Crippen LogP) is 7.68. The van der Waals surface area contributed by atoms with Crippen molar-refractivity contribution < 1.29 is 48.2 Å². The van der Waals surface area contributed by atoms with E-state index in [4.69, 9.17) is 18.9 Å². The first-order valence-corrected chi connectivity index (χ1v) is 22.4. The van der Waals surface area contributed by atoms with Crippen LogP contribution in [0, 0.1) is 27.9 Å². The fraction of sp³-hybridized carbons (Fsp3) is 0.200. The molecule has 6 aromatic carbocycles. The first kappa shape index (κ1) is 46.5. The molecule has 9 rings (SSSR count). The molecule has 0 aromatic heterocycles. The third-order valence-electron chi connectivity index (χ3n) is 12.9. The van der Waals surface area contributed by atoms with Gasteiger partial charge < -0.3 is 29.4 Å². The number of nitro benzene ring substituents is 1. The van der Waals surface area contributed by atoms with E-state index in [1.54, 1.807) is 73.8 Å². The molecule has 2 saturated heterocycles. The SMILES string of the molecule is C=CCNC(=O)[C@H]1[C@@H]2C(=O)O[C@@H](c3ccccc3)[C@@H](c3ccccc3)N2[C@@H](c2ccccc2OCCO)[C@]12C(=O)N(C(=O)OCc1ccc([N+](=O)[O-])cc1)c1ccc(C#Cc3ccc(OC)cc3)cc12. The van der Waals surface area contributed by atoms with E-state index in [0.29, 0.717) is 39.1 Å². The highest BCUT2D eigenvalue weighted by molar-refractivity contribution is 6.23. The number of nitrogens with zero attached hydrogens (tertiary/aromatic N) is 3. The van der Waals surface area contributed by atoms with Crippen molar-refractivity contribution in [1.82, 2.24) is 10.2 Å². The first-order chi connectivity index (χ1) is 34.1. The number of nitro groups is 1. The average molecular weight is 939 g/mol. The van der Waals surface area contributed by atoms with E-state index < -0.39 is 64.4 Å². The Kier molecular flexibility index (Phi) is 13.3. The van der Waals surface area contributed by atoms with E-state index in [-0.39, 0.29) is 49.1 Å². The van der Waals surface area contributed by atoms with Crippen molar-refractivity contribution in [3.8, 4) is 23.3 Å². The van der Waals surface area contributed by atoms with Crippen molar-refractivity contribution in [2.45, 2.75) is 36.3 Å². The molecule has 3 amide bonds. The topological polar surface area (TPSA) is 187 Å². The van der Waals surface area contributed by atoms with E-state index in [1.807, 2.05) is 65.6 Å². The summed E-state index contributed by atoms with van der Waals surface area (Å²) in [5.41, 5.74) is 1.10. The molecule has 2 fully saturated rings. The number of hydrogen-bond donors (Lipinski definition) is 2. The predicted molar refractivity (Wildman–Crippen MR) is 256 cm³/mol. The van der Waals surface area contributed by atoms with Crippen molar-refractivity contribution >= 4 is 35.3 Å². The standard InChI is InChI=1S/C55H46N4O11/c1-3-30-56-51(61)46-48-52(62)70-49(39-14-8-5-9-15-39)47(38-12-6-4-7-13-38)58(48)50(42-16-10-11-17-45(42)68-32-31-60)55(46)43-33-36(19-18-35-22-27-41(67-2)28-23-35)24-29-44(43)57(53(55)63)54(64)69-34-37-20-25-40(26-21-37)59(65)66/h3-17,20-29,33,46-50,60H,1,30-32,34H2,2H3,(H,56,61)/t46-,47-,48-,49+,50+,55-/m1/s1. The zero-order chi connectivity index (χ0) is 48.9. The second-order valence-electron chi connectivity index (χ2n) is 16.7. The lowest BCUT2D eigenvalue weighted by molar-refractivity contribution is -0.384. The van der Waals surface area contributed by atoms with Crippen LogP contribution in [0.5, 0.6) is 11.5 Å². The lowest BCUT2D eigenvalue weighted by Crippen LogP contribution is -2.55. The smallest absolute Gasteiger partial charge is 0.421 e. The highest BCUT2D eigenvalue weighted by Gasteiger charge is 2.76. The monoisotopic (exact) mass is 938 g/mol. The highest BCUT2D eigenvalue weighted by atomic mass is 16.6. The molecule has 6 atom stereocenters.